The van der Waals surface area contributed by atoms with Crippen molar-refractivity contribution in [2.24, 2.45) is 0 Å². The Kier molecular flexibility index (Phi) is 6.98. The van der Waals surface area contributed by atoms with Gasteiger partial charge >= 0.3 is 0 Å². The van der Waals surface area contributed by atoms with Gasteiger partial charge in [-0.2, -0.15) is 0 Å². The number of unbranched alkanes of at least 4 members (excludes halogenated alkanes) is 1. The van der Waals surface area contributed by atoms with Crippen molar-refractivity contribution in [3.05, 3.63) is 0 Å². The van der Waals surface area contributed by atoms with E-state index in [4.69, 9.17) is 9.47 Å². The molecule has 3 heteroatoms. The molecule has 0 aromatic carbocycles. The molecule has 0 aromatic rings. The van der Waals surface area contributed by atoms with Gasteiger partial charge in [-0.1, -0.05) is 13.8 Å². The van der Waals surface area contributed by atoms with Crippen LogP contribution in [0.5, 0.6) is 0 Å². The van der Waals surface area contributed by atoms with Crippen molar-refractivity contribution in [1.82, 2.24) is 5.32 Å². The van der Waals surface area contributed by atoms with Crippen LogP contribution < -0.4 is 5.32 Å². The van der Waals surface area contributed by atoms with Crippen molar-refractivity contribution in [3.8, 4) is 0 Å². The average molecular weight is 215 g/mol. The van der Waals surface area contributed by atoms with Crippen LogP contribution in [-0.4, -0.2) is 38.5 Å². The third-order valence-electron chi connectivity index (χ3n) is 2.60. The Bertz CT molecular complexity index is 145. The fourth-order valence-corrected chi connectivity index (χ4v) is 1.71. The van der Waals surface area contributed by atoms with E-state index in [1.54, 1.807) is 0 Å². The Morgan fingerprint density at radius 3 is 2.93 bits per heavy atom. The normalized spacial score (nSPS) is 21.4. The van der Waals surface area contributed by atoms with Crippen LogP contribution in [0, 0.1) is 0 Å². The van der Waals surface area contributed by atoms with E-state index in [1.807, 2.05) is 0 Å². The van der Waals surface area contributed by atoms with Gasteiger partial charge < -0.3 is 14.8 Å². The van der Waals surface area contributed by atoms with Crippen molar-refractivity contribution in [2.45, 2.75) is 51.7 Å². The number of rotatable bonds is 8. The Morgan fingerprint density at radius 1 is 1.40 bits per heavy atom. The summed E-state index contributed by atoms with van der Waals surface area (Å²) in [5.74, 6) is 0. The topological polar surface area (TPSA) is 30.5 Å². The smallest absolute Gasteiger partial charge is 0.0809 e. The van der Waals surface area contributed by atoms with Crippen molar-refractivity contribution in [3.63, 3.8) is 0 Å². The molecule has 0 saturated carbocycles. The van der Waals surface area contributed by atoms with E-state index >= 15 is 0 Å². The maximum absolute atomic E-state index is 5.57. The van der Waals surface area contributed by atoms with Crippen molar-refractivity contribution in [2.75, 3.05) is 26.4 Å². The third kappa shape index (κ3) is 6.88. The van der Waals surface area contributed by atoms with E-state index in [0.29, 0.717) is 12.1 Å². The maximum atomic E-state index is 5.57. The van der Waals surface area contributed by atoms with Gasteiger partial charge in [0.25, 0.3) is 0 Å². The molecular formula is C12H25NO2. The highest BCUT2D eigenvalue weighted by Gasteiger charge is 2.14. The summed E-state index contributed by atoms with van der Waals surface area (Å²) in [5.41, 5.74) is 0. The van der Waals surface area contributed by atoms with Crippen LogP contribution in [0.15, 0.2) is 0 Å². The van der Waals surface area contributed by atoms with E-state index in [0.717, 1.165) is 32.8 Å². The first-order valence-corrected chi connectivity index (χ1v) is 6.22. The Hall–Kier alpha value is -0.120. The first-order valence-electron chi connectivity index (χ1n) is 6.22. The lowest BCUT2D eigenvalue weighted by Crippen LogP contribution is -2.24. The van der Waals surface area contributed by atoms with Gasteiger partial charge in [0.2, 0.25) is 0 Å². The molecule has 0 aliphatic carbocycles. The summed E-state index contributed by atoms with van der Waals surface area (Å²) in [6.07, 6.45) is 5.09. The van der Waals surface area contributed by atoms with Gasteiger partial charge in [0.15, 0.2) is 0 Å². The molecule has 1 aliphatic heterocycles. The molecule has 1 N–H and O–H groups in total. The SMILES string of the molecule is CC(C)NCCCCOCC1CCCO1. The second-order valence-electron chi connectivity index (χ2n) is 4.53. The summed E-state index contributed by atoms with van der Waals surface area (Å²) < 4.78 is 11.0. The molecule has 90 valence electrons. The summed E-state index contributed by atoms with van der Waals surface area (Å²) >= 11 is 0. The molecule has 3 nitrogen and oxygen atoms in total. The molecule has 1 saturated heterocycles. The summed E-state index contributed by atoms with van der Waals surface area (Å²) in [6.45, 7) is 8.03. The number of nitrogens with one attached hydrogen (secondary N) is 1. The van der Waals surface area contributed by atoms with Gasteiger partial charge in [0.05, 0.1) is 12.7 Å². The van der Waals surface area contributed by atoms with Crippen LogP contribution in [0.2, 0.25) is 0 Å². The van der Waals surface area contributed by atoms with E-state index in [1.165, 1.54) is 19.3 Å². The Morgan fingerprint density at radius 2 is 2.27 bits per heavy atom. The zero-order chi connectivity index (χ0) is 10.9. The van der Waals surface area contributed by atoms with Crippen LogP contribution in [0.25, 0.3) is 0 Å². The highest BCUT2D eigenvalue weighted by Crippen LogP contribution is 2.11. The summed E-state index contributed by atoms with van der Waals surface area (Å²) in [5, 5.41) is 3.40. The van der Waals surface area contributed by atoms with Crippen molar-refractivity contribution >= 4 is 0 Å². The lowest BCUT2D eigenvalue weighted by molar-refractivity contribution is 0.0162. The second kappa shape index (κ2) is 8.08. The summed E-state index contributed by atoms with van der Waals surface area (Å²) in [4.78, 5) is 0. The molecule has 0 aromatic heterocycles. The van der Waals surface area contributed by atoms with Crippen LogP contribution in [0.3, 0.4) is 0 Å². The molecule has 1 unspecified atom stereocenters. The fourth-order valence-electron chi connectivity index (χ4n) is 1.71. The highest BCUT2D eigenvalue weighted by atomic mass is 16.5. The minimum absolute atomic E-state index is 0.374. The predicted octanol–water partition coefficient (Wildman–Crippen LogP) is 1.96. The third-order valence-corrected chi connectivity index (χ3v) is 2.60. The summed E-state index contributed by atoms with van der Waals surface area (Å²) in [6, 6.07) is 0.595. The zero-order valence-corrected chi connectivity index (χ0v) is 10.1. The minimum atomic E-state index is 0.374. The van der Waals surface area contributed by atoms with Crippen LogP contribution >= 0.6 is 0 Å². The molecule has 0 spiro atoms. The molecule has 0 amide bonds. The number of hydrogen-bond donors (Lipinski definition) is 1. The Labute approximate surface area is 93.5 Å². The molecule has 1 atom stereocenters. The van der Waals surface area contributed by atoms with Crippen molar-refractivity contribution < 1.29 is 9.47 Å². The second-order valence-corrected chi connectivity index (χ2v) is 4.53. The quantitative estimate of drug-likeness (QED) is 0.628. The largest absolute Gasteiger partial charge is 0.379 e. The monoisotopic (exact) mass is 215 g/mol. The van der Waals surface area contributed by atoms with E-state index in [-0.39, 0.29) is 0 Å². The molecule has 15 heavy (non-hydrogen) atoms. The van der Waals surface area contributed by atoms with E-state index in [9.17, 15) is 0 Å². The number of hydrogen-bond acceptors (Lipinski definition) is 3. The number of ether oxygens (including phenoxy) is 2. The van der Waals surface area contributed by atoms with E-state index < -0.39 is 0 Å². The van der Waals surface area contributed by atoms with Gasteiger partial charge in [-0.05, 0) is 32.2 Å². The molecular weight excluding hydrogens is 190 g/mol. The van der Waals surface area contributed by atoms with E-state index in [2.05, 4.69) is 19.2 Å². The molecule has 1 heterocycles. The Balaban J connectivity index is 1.76. The van der Waals surface area contributed by atoms with Crippen LogP contribution in [0.1, 0.15) is 39.5 Å². The standard InChI is InChI=1S/C12H25NO2/c1-11(2)13-7-3-4-8-14-10-12-6-5-9-15-12/h11-13H,3-10H2,1-2H3. The first kappa shape index (κ1) is 12.9. The van der Waals surface area contributed by atoms with Crippen LogP contribution in [0.4, 0.5) is 0 Å². The van der Waals surface area contributed by atoms with Gasteiger partial charge in [-0.15, -0.1) is 0 Å². The van der Waals surface area contributed by atoms with Gasteiger partial charge in [-0.25, -0.2) is 0 Å². The van der Waals surface area contributed by atoms with Gasteiger partial charge in [-0.3, -0.25) is 0 Å². The van der Waals surface area contributed by atoms with Crippen molar-refractivity contribution in [1.29, 1.82) is 0 Å². The molecule has 1 fully saturated rings. The average Bonchev–Trinajstić information content (AvgIpc) is 2.68. The lowest BCUT2D eigenvalue weighted by atomic mass is 10.2. The maximum Gasteiger partial charge on any atom is 0.0809 e. The molecule has 0 bridgehead atoms. The van der Waals surface area contributed by atoms with Crippen LogP contribution in [-0.2, 0) is 9.47 Å². The molecule has 1 aliphatic rings. The predicted molar refractivity (Wildman–Crippen MR) is 62.2 cm³/mol. The minimum Gasteiger partial charge on any atom is -0.379 e. The van der Waals surface area contributed by atoms with Gasteiger partial charge in [0.1, 0.15) is 0 Å². The molecule has 1 rings (SSSR count). The summed E-state index contributed by atoms with van der Waals surface area (Å²) in [7, 11) is 0. The first-order chi connectivity index (χ1) is 7.29. The zero-order valence-electron chi connectivity index (χ0n) is 10.1. The fraction of sp³-hybridized carbons (Fsp3) is 1.00. The highest BCUT2D eigenvalue weighted by molar-refractivity contribution is 4.63. The molecule has 0 radical (unpaired) electrons. The lowest BCUT2D eigenvalue weighted by Gasteiger charge is -2.10. The van der Waals surface area contributed by atoms with Gasteiger partial charge in [0, 0.05) is 19.3 Å².